The molecule has 1 N–H and O–H groups in total. The maximum absolute atomic E-state index is 11.9. The molecule has 5 nitrogen and oxygen atoms in total. The SMILES string of the molecule is Cc1ccc(OCC(=O)NCc2cc(-c3ccc(Cl)cc3)no2)cc1. The molecule has 0 aliphatic carbocycles. The predicted octanol–water partition coefficient (Wildman–Crippen LogP) is 4.00. The zero-order valence-electron chi connectivity index (χ0n) is 13.7. The Bertz CT molecular complexity index is 842. The standard InChI is InChI=1S/C19H17ClN2O3/c1-13-2-8-16(9-3-13)24-12-19(23)21-11-17-10-18(22-25-17)14-4-6-15(20)7-5-14/h2-10H,11-12H2,1H3,(H,21,23). The van der Waals surface area contributed by atoms with E-state index in [0.29, 0.717) is 22.2 Å². The van der Waals surface area contributed by atoms with E-state index in [9.17, 15) is 4.79 Å². The molecule has 0 saturated heterocycles. The minimum absolute atomic E-state index is 0.0543. The quantitative estimate of drug-likeness (QED) is 0.725. The van der Waals surface area contributed by atoms with Crippen LogP contribution in [0.4, 0.5) is 0 Å². The van der Waals surface area contributed by atoms with Crippen molar-refractivity contribution >= 4 is 17.5 Å². The smallest absolute Gasteiger partial charge is 0.258 e. The number of hydrogen-bond donors (Lipinski definition) is 1. The van der Waals surface area contributed by atoms with Gasteiger partial charge in [0, 0.05) is 16.7 Å². The molecule has 6 heteroatoms. The molecule has 0 aliphatic rings. The van der Waals surface area contributed by atoms with Crippen molar-refractivity contribution in [1.29, 1.82) is 0 Å². The molecule has 0 aliphatic heterocycles. The molecule has 0 unspecified atom stereocenters. The lowest BCUT2D eigenvalue weighted by Crippen LogP contribution is -2.28. The van der Waals surface area contributed by atoms with Crippen molar-refractivity contribution in [2.45, 2.75) is 13.5 Å². The first-order valence-electron chi connectivity index (χ1n) is 7.78. The van der Waals surface area contributed by atoms with E-state index in [2.05, 4.69) is 10.5 Å². The summed E-state index contributed by atoms with van der Waals surface area (Å²) in [5.74, 6) is 0.990. The number of aryl methyl sites for hydroxylation is 1. The Hall–Kier alpha value is -2.79. The minimum Gasteiger partial charge on any atom is -0.484 e. The second-order valence-electron chi connectivity index (χ2n) is 5.56. The second-order valence-corrected chi connectivity index (χ2v) is 6.00. The van der Waals surface area contributed by atoms with Gasteiger partial charge in [0.05, 0.1) is 6.54 Å². The molecule has 1 amide bonds. The molecule has 0 radical (unpaired) electrons. The van der Waals surface area contributed by atoms with Crippen LogP contribution in [0.2, 0.25) is 5.02 Å². The maximum atomic E-state index is 11.9. The first-order chi connectivity index (χ1) is 12.1. The summed E-state index contributed by atoms with van der Waals surface area (Å²) in [5, 5.41) is 7.39. The number of rotatable bonds is 6. The van der Waals surface area contributed by atoms with Crippen molar-refractivity contribution in [3.05, 3.63) is 70.9 Å². The van der Waals surface area contributed by atoms with Gasteiger partial charge in [0.25, 0.3) is 5.91 Å². The molecular formula is C19H17ClN2O3. The summed E-state index contributed by atoms with van der Waals surface area (Å²) >= 11 is 5.87. The molecule has 0 saturated carbocycles. The summed E-state index contributed by atoms with van der Waals surface area (Å²) in [6.45, 7) is 2.18. The zero-order valence-corrected chi connectivity index (χ0v) is 14.4. The molecule has 3 rings (SSSR count). The fourth-order valence-corrected chi connectivity index (χ4v) is 2.30. The van der Waals surface area contributed by atoms with Crippen molar-refractivity contribution in [2.75, 3.05) is 6.61 Å². The van der Waals surface area contributed by atoms with Gasteiger partial charge in [-0.3, -0.25) is 4.79 Å². The van der Waals surface area contributed by atoms with E-state index in [4.69, 9.17) is 20.9 Å². The highest BCUT2D eigenvalue weighted by Gasteiger charge is 2.09. The second kappa shape index (κ2) is 7.85. The molecule has 0 atom stereocenters. The van der Waals surface area contributed by atoms with Crippen LogP contribution in [-0.4, -0.2) is 17.7 Å². The Morgan fingerprint density at radius 3 is 2.60 bits per heavy atom. The Labute approximate surface area is 150 Å². The molecule has 0 spiro atoms. The van der Waals surface area contributed by atoms with Crippen LogP contribution in [0.15, 0.2) is 59.1 Å². The summed E-state index contributed by atoms with van der Waals surface area (Å²) in [6.07, 6.45) is 0. The maximum Gasteiger partial charge on any atom is 0.258 e. The van der Waals surface area contributed by atoms with Crippen LogP contribution in [0, 0.1) is 6.92 Å². The van der Waals surface area contributed by atoms with Gasteiger partial charge in [-0.2, -0.15) is 0 Å². The number of carbonyl (C=O) groups excluding carboxylic acids is 1. The van der Waals surface area contributed by atoms with Gasteiger partial charge in [0.15, 0.2) is 12.4 Å². The van der Waals surface area contributed by atoms with Crippen LogP contribution in [0.25, 0.3) is 11.3 Å². The largest absolute Gasteiger partial charge is 0.484 e. The van der Waals surface area contributed by atoms with E-state index in [0.717, 1.165) is 11.1 Å². The molecule has 2 aromatic carbocycles. The lowest BCUT2D eigenvalue weighted by Gasteiger charge is -2.06. The summed E-state index contributed by atoms with van der Waals surface area (Å²) in [4.78, 5) is 11.9. The number of benzene rings is 2. The molecule has 3 aromatic rings. The first kappa shape index (κ1) is 17.0. The summed E-state index contributed by atoms with van der Waals surface area (Å²) in [7, 11) is 0. The van der Waals surface area contributed by atoms with Crippen LogP contribution < -0.4 is 10.1 Å². The first-order valence-corrected chi connectivity index (χ1v) is 8.15. The molecule has 1 heterocycles. The van der Waals surface area contributed by atoms with Gasteiger partial charge in [0.2, 0.25) is 0 Å². The van der Waals surface area contributed by atoms with E-state index >= 15 is 0 Å². The number of nitrogens with one attached hydrogen (secondary N) is 1. The Morgan fingerprint density at radius 2 is 1.88 bits per heavy atom. The Kier molecular flexibility index (Phi) is 5.36. The fourth-order valence-electron chi connectivity index (χ4n) is 2.17. The van der Waals surface area contributed by atoms with Gasteiger partial charge >= 0.3 is 0 Å². The van der Waals surface area contributed by atoms with Gasteiger partial charge < -0.3 is 14.6 Å². The van der Waals surface area contributed by atoms with Crippen LogP contribution >= 0.6 is 11.6 Å². The van der Waals surface area contributed by atoms with Gasteiger partial charge in [0.1, 0.15) is 11.4 Å². The molecule has 128 valence electrons. The van der Waals surface area contributed by atoms with Crippen LogP contribution in [-0.2, 0) is 11.3 Å². The van der Waals surface area contributed by atoms with E-state index in [1.54, 1.807) is 18.2 Å². The van der Waals surface area contributed by atoms with Crippen LogP contribution in [0.3, 0.4) is 0 Å². The van der Waals surface area contributed by atoms with Gasteiger partial charge in [-0.25, -0.2) is 0 Å². The highest BCUT2D eigenvalue weighted by Crippen LogP contribution is 2.21. The van der Waals surface area contributed by atoms with Crippen LogP contribution in [0.1, 0.15) is 11.3 Å². The van der Waals surface area contributed by atoms with Crippen molar-refractivity contribution in [2.24, 2.45) is 0 Å². The summed E-state index contributed by atoms with van der Waals surface area (Å²) < 4.78 is 10.7. The highest BCUT2D eigenvalue weighted by molar-refractivity contribution is 6.30. The lowest BCUT2D eigenvalue weighted by atomic mass is 10.1. The zero-order chi connectivity index (χ0) is 17.6. The summed E-state index contributed by atoms with van der Waals surface area (Å²) in [6, 6.07) is 16.6. The van der Waals surface area contributed by atoms with Gasteiger partial charge in [-0.15, -0.1) is 0 Å². The number of amides is 1. The number of aromatic nitrogens is 1. The third-order valence-electron chi connectivity index (χ3n) is 3.55. The van der Waals surface area contributed by atoms with Gasteiger partial charge in [-0.1, -0.05) is 46.6 Å². The Morgan fingerprint density at radius 1 is 1.16 bits per heavy atom. The molecule has 0 fully saturated rings. The van der Waals surface area contributed by atoms with Crippen molar-refractivity contribution in [3.8, 4) is 17.0 Å². The average Bonchev–Trinajstić information content (AvgIpc) is 3.09. The van der Waals surface area contributed by atoms with E-state index in [1.807, 2.05) is 43.3 Å². The minimum atomic E-state index is -0.231. The average molecular weight is 357 g/mol. The monoisotopic (exact) mass is 356 g/mol. The van der Waals surface area contributed by atoms with Crippen molar-refractivity contribution in [1.82, 2.24) is 10.5 Å². The third kappa shape index (κ3) is 4.84. The third-order valence-corrected chi connectivity index (χ3v) is 3.80. The van der Waals surface area contributed by atoms with Crippen molar-refractivity contribution < 1.29 is 14.1 Å². The number of ether oxygens (including phenoxy) is 1. The van der Waals surface area contributed by atoms with Crippen LogP contribution in [0.5, 0.6) is 5.75 Å². The van der Waals surface area contributed by atoms with E-state index < -0.39 is 0 Å². The highest BCUT2D eigenvalue weighted by atomic mass is 35.5. The van der Waals surface area contributed by atoms with E-state index in [-0.39, 0.29) is 19.1 Å². The molecule has 0 bridgehead atoms. The fraction of sp³-hybridized carbons (Fsp3) is 0.158. The van der Waals surface area contributed by atoms with E-state index in [1.165, 1.54) is 0 Å². The summed E-state index contributed by atoms with van der Waals surface area (Å²) in [5.41, 5.74) is 2.73. The molecule has 1 aromatic heterocycles. The number of halogens is 1. The van der Waals surface area contributed by atoms with Crippen molar-refractivity contribution in [3.63, 3.8) is 0 Å². The molecule has 25 heavy (non-hydrogen) atoms. The normalized spacial score (nSPS) is 10.5. The number of carbonyl (C=O) groups is 1. The number of nitrogens with zero attached hydrogens (tertiary/aromatic N) is 1. The molecular weight excluding hydrogens is 340 g/mol. The Balaban J connectivity index is 1.49. The number of hydrogen-bond acceptors (Lipinski definition) is 4. The predicted molar refractivity (Wildman–Crippen MR) is 95.5 cm³/mol. The topological polar surface area (TPSA) is 64.4 Å². The van der Waals surface area contributed by atoms with Gasteiger partial charge in [-0.05, 0) is 31.2 Å². The lowest BCUT2D eigenvalue weighted by molar-refractivity contribution is -0.123.